The number of nitrogens with one attached hydrogen (secondary N) is 2. The molecule has 2 N–H and O–H groups in total. The molecule has 1 unspecified atom stereocenters. The maximum absolute atomic E-state index is 12.1. The molecule has 1 atom stereocenters. The van der Waals surface area contributed by atoms with Crippen molar-refractivity contribution in [1.82, 2.24) is 14.9 Å². The molecule has 0 aliphatic heterocycles. The van der Waals surface area contributed by atoms with E-state index in [4.69, 9.17) is 4.74 Å². The Labute approximate surface area is 161 Å². The normalized spacial score (nSPS) is 13.1. The van der Waals surface area contributed by atoms with Crippen LogP contribution in [0.4, 0.5) is 4.79 Å². The topological polar surface area (TPSA) is 105 Å². The first-order valence-corrected chi connectivity index (χ1v) is 10.1. The van der Waals surface area contributed by atoms with Crippen molar-refractivity contribution < 1.29 is 22.7 Å². The van der Waals surface area contributed by atoms with E-state index in [0.29, 0.717) is 0 Å². The van der Waals surface area contributed by atoms with Gasteiger partial charge in [0.2, 0.25) is 15.9 Å². The van der Waals surface area contributed by atoms with Crippen molar-refractivity contribution in [3.05, 3.63) is 29.8 Å². The molecule has 0 heterocycles. The van der Waals surface area contributed by atoms with Gasteiger partial charge < -0.3 is 15.4 Å². The van der Waals surface area contributed by atoms with Gasteiger partial charge in [0.15, 0.2) is 0 Å². The number of hydrogen-bond acceptors (Lipinski definition) is 5. The fourth-order valence-electron chi connectivity index (χ4n) is 2.13. The molecule has 0 aliphatic rings. The number of carbonyl (C=O) groups excluding carboxylic acids is 2. The summed E-state index contributed by atoms with van der Waals surface area (Å²) in [5, 5.41) is 5.33. The minimum atomic E-state index is -3.48. The number of nitrogens with zero attached hydrogens (tertiary/aromatic N) is 1. The van der Waals surface area contributed by atoms with Crippen molar-refractivity contribution in [1.29, 1.82) is 0 Å². The highest BCUT2D eigenvalue weighted by atomic mass is 32.2. The molecule has 27 heavy (non-hydrogen) atoms. The summed E-state index contributed by atoms with van der Waals surface area (Å²) in [5.74, 6) is -0.233. The molecule has 1 rings (SSSR count). The van der Waals surface area contributed by atoms with E-state index < -0.39 is 21.7 Å². The van der Waals surface area contributed by atoms with E-state index >= 15 is 0 Å². The standard InChI is InChI=1S/C18H29N3O5S/c1-13(14-7-9-15(10-8-14)27(24,25)21(5)6)20-16(22)11-12-19-17(23)26-18(2,3)4/h7-10,13H,11-12H2,1-6H3,(H,19,23)(H,20,22). The molecule has 0 aromatic heterocycles. The van der Waals surface area contributed by atoms with E-state index in [2.05, 4.69) is 10.6 Å². The average molecular weight is 400 g/mol. The van der Waals surface area contributed by atoms with Crippen LogP contribution < -0.4 is 10.6 Å². The number of ether oxygens (including phenoxy) is 1. The van der Waals surface area contributed by atoms with Crippen LogP contribution in [-0.4, -0.2) is 51.0 Å². The molecule has 1 aromatic rings. The molecule has 8 nitrogen and oxygen atoms in total. The summed E-state index contributed by atoms with van der Waals surface area (Å²) in [6, 6.07) is 6.06. The van der Waals surface area contributed by atoms with Gasteiger partial charge in [0.25, 0.3) is 0 Å². The summed E-state index contributed by atoms with van der Waals surface area (Å²) in [7, 11) is -0.543. The highest BCUT2D eigenvalue weighted by molar-refractivity contribution is 7.89. The largest absolute Gasteiger partial charge is 0.444 e. The Bertz CT molecular complexity index is 752. The number of alkyl carbamates (subject to hydrolysis) is 1. The Balaban J connectivity index is 2.53. The Hall–Kier alpha value is -2.13. The molecule has 0 bridgehead atoms. The lowest BCUT2D eigenvalue weighted by Gasteiger charge is -2.20. The zero-order valence-electron chi connectivity index (χ0n) is 16.7. The fraction of sp³-hybridized carbons (Fsp3) is 0.556. The second-order valence-electron chi connectivity index (χ2n) is 7.32. The summed E-state index contributed by atoms with van der Waals surface area (Å²) < 4.78 is 30.4. The predicted octanol–water partition coefficient (Wildman–Crippen LogP) is 2.03. The zero-order chi connectivity index (χ0) is 20.8. The lowest BCUT2D eigenvalue weighted by molar-refractivity contribution is -0.121. The monoisotopic (exact) mass is 399 g/mol. The van der Waals surface area contributed by atoms with Gasteiger partial charge in [0.05, 0.1) is 10.9 Å². The summed E-state index contributed by atoms with van der Waals surface area (Å²) in [4.78, 5) is 23.7. The number of amides is 2. The summed E-state index contributed by atoms with van der Waals surface area (Å²) in [6.45, 7) is 7.24. The Morgan fingerprint density at radius 1 is 1.15 bits per heavy atom. The third-order valence-electron chi connectivity index (χ3n) is 3.56. The van der Waals surface area contributed by atoms with E-state index in [9.17, 15) is 18.0 Å². The van der Waals surface area contributed by atoms with E-state index in [1.54, 1.807) is 39.8 Å². The van der Waals surface area contributed by atoms with Crippen LogP contribution in [0.5, 0.6) is 0 Å². The Kier molecular flexibility index (Phi) is 7.79. The highest BCUT2D eigenvalue weighted by Crippen LogP contribution is 2.18. The van der Waals surface area contributed by atoms with E-state index in [1.807, 2.05) is 0 Å². The van der Waals surface area contributed by atoms with Gasteiger partial charge in [0, 0.05) is 27.1 Å². The second kappa shape index (κ2) is 9.18. The van der Waals surface area contributed by atoms with Crippen molar-refractivity contribution in [3.63, 3.8) is 0 Å². The molecule has 0 saturated heterocycles. The number of carbonyl (C=O) groups is 2. The molecular formula is C18H29N3O5S. The molecular weight excluding hydrogens is 370 g/mol. The van der Waals surface area contributed by atoms with E-state index in [1.165, 1.54) is 26.2 Å². The molecule has 0 aliphatic carbocycles. The molecule has 1 aromatic carbocycles. The highest BCUT2D eigenvalue weighted by Gasteiger charge is 2.18. The molecule has 0 fully saturated rings. The molecule has 0 saturated carbocycles. The van der Waals surface area contributed by atoms with Crippen molar-refractivity contribution in [2.24, 2.45) is 0 Å². The van der Waals surface area contributed by atoms with Crippen molar-refractivity contribution in [3.8, 4) is 0 Å². The average Bonchev–Trinajstić information content (AvgIpc) is 2.53. The number of rotatable bonds is 7. The van der Waals surface area contributed by atoms with E-state index in [-0.39, 0.29) is 29.8 Å². The maximum atomic E-state index is 12.1. The number of benzene rings is 1. The lowest BCUT2D eigenvalue weighted by atomic mass is 10.1. The fourth-order valence-corrected chi connectivity index (χ4v) is 3.03. The summed E-state index contributed by atoms with van der Waals surface area (Å²) in [5.41, 5.74) is 0.189. The second-order valence-corrected chi connectivity index (χ2v) is 9.48. The minimum absolute atomic E-state index is 0.108. The molecule has 152 valence electrons. The SMILES string of the molecule is CC(NC(=O)CCNC(=O)OC(C)(C)C)c1ccc(S(=O)(=O)N(C)C)cc1. The molecule has 9 heteroatoms. The maximum Gasteiger partial charge on any atom is 0.407 e. The molecule has 0 spiro atoms. The van der Waals surface area contributed by atoms with Gasteiger partial charge in [-0.15, -0.1) is 0 Å². The smallest absolute Gasteiger partial charge is 0.407 e. The van der Waals surface area contributed by atoms with Gasteiger partial charge in [-0.2, -0.15) is 0 Å². The molecule has 0 radical (unpaired) electrons. The van der Waals surface area contributed by atoms with Gasteiger partial charge in [-0.25, -0.2) is 17.5 Å². The Morgan fingerprint density at radius 2 is 1.70 bits per heavy atom. The third-order valence-corrected chi connectivity index (χ3v) is 5.39. The van der Waals surface area contributed by atoms with Crippen LogP contribution in [0.2, 0.25) is 0 Å². The van der Waals surface area contributed by atoms with Crippen LogP contribution in [0.15, 0.2) is 29.2 Å². The Morgan fingerprint density at radius 3 is 2.19 bits per heavy atom. The van der Waals surface area contributed by atoms with Crippen LogP contribution in [0.25, 0.3) is 0 Å². The van der Waals surface area contributed by atoms with Crippen LogP contribution in [0.1, 0.15) is 45.7 Å². The van der Waals surface area contributed by atoms with Crippen LogP contribution in [-0.2, 0) is 19.6 Å². The van der Waals surface area contributed by atoms with Crippen LogP contribution in [0.3, 0.4) is 0 Å². The third kappa shape index (κ3) is 7.56. The van der Waals surface area contributed by atoms with Crippen molar-refractivity contribution in [2.45, 2.75) is 50.7 Å². The van der Waals surface area contributed by atoms with Crippen LogP contribution >= 0.6 is 0 Å². The minimum Gasteiger partial charge on any atom is -0.444 e. The first-order chi connectivity index (χ1) is 12.3. The molecule has 2 amide bonds. The first kappa shape index (κ1) is 22.9. The van der Waals surface area contributed by atoms with Crippen molar-refractivity contribution >= 4 is 22.0 Å². The van der Waals surface area contributed by atoms with Gasteiger partial charge in [-0.1, -0.05) is 12.1 Å². The van der Waals surface area contributed by atoms with Gasteiger partial charge in [-0.05, 0) is 45.4 Å². The number of hydrogen-bond donors (Lipinski definition) is 2. The summed E-state index contributed by atoms with van der Waals surface area (Å²) >= 11 is 0. The van der Waals surface area contributed by atoms with Gasteiger partial charge in [-0.3, -0.25) is 4.79 Å². The van der Waals surface area contributed by atoms with Gasteiger partial charge in [0.1, 0.15) is 5.60 Å². The zero-order valence-corrected chi connectivity index (χ0v) is 17.5. The van der Waals surface area contributed by atoms with Gasteiger partial charge >= 0.3 is 6.09 Å². The van der Waals surface area contributed by atoms with Crippen molar-refractivity contribution in [2.75, 3.05) is 20.6 Å². The number of sulfonamides is 1. The van der Waals surface area contributed by atoms with E-state index in [0.717, 1.165) is 9.87 Å². The summed E-state index contributed by atoms with van der Waals surface area (Å²) in [6.07, 6.45) is -0.461. The quantitative estimate of drug-likeness (QED) is 0.730. The lowest BCUT2D eigenvalue weighted by Crippen LogP contribution is -2.35. The van der Waals surface area contributed by atoms with Crippen LogP contribution in [0, 0.1) is 0 Å². The predicted molar refractivity (Wildman–Crippen MR) is 103 cm³/mol. The first-order valence-electron chi connectivity index (χ1n) is 8.61.